The maximum absolute atomic E-state index is 12.4. The fourth-order valence-electron chi connectivity index (χ4n) is 3.55. The molecule has 1 amide bonds. The van der Waals surface area contributed by atoms with Crippen LogP contribution < -0.4 is 15.8 Å². The zero-order valence-electron chi connectivity index (χ0n) is 16.7. The van der Waals surface area contributed by atoms with Crippen molar-refractivity contribution in [2.24, 2.45) is 10.9 Å². The number of rotatable bonds is 6. The van der Waals surface area contributed by atoms with Crippen molar-refractivity contribution in [3.05, 3.63) is 47.7 Å². The Morgan fingerprint density at radius 2 is 2.00 bits per heavy atom. The van der Waals surface area contributed by atoms with Gasteiger partial charge in [0.05, 0.1) is 11.8 Å². The molecule has 1 aromatic heterocycles. The molecule has 0 unspecified atom stereocenters. The Balaban J connectivity index is 1.86. The van der Waals surface area contributed by atoms with Crippen molar-refractivity contribution in [3.63, 3.8) is 0 Å². The summed E-state index contributed by atoms with van der Waals surface area (Å²) in [6.07, 6.45) is 5.88. The summed E-state index contributed by atoms with van der Waals surface area (Å²) in [6.45, 7) is 3.96. The van der Waals surface area contributed by atoms with E-state index in [1.807, 2.05) is 44.2 Å². The number of aromatic nitrogens is 1. The van der Waals surface area contributed by atoms with Gasteiger partial charge in [-0.25, -0.2) is 4.98 Å². The molecule has 6 heteroatoms. The largest absolute Gasteiger partial charge is 0.491 e. The average molecular weight is 380 g/mol. The second-order valence-electron chi connectivity index (χ2n) is 7.39. The molecule has 1 aliphatic carbocycles. The molecular weight excluding hydrogens is 352 g/mol. The van der Waals surface area contributed by atoms with Crippen LogP contribution in [-0.4, -0.2) is 29.8 Å². The third-order valence-corrected chi connectivity index (χ3v) is 4.89. The Hall–Kier alpha value is -2.89. The van der Waals surface area contributed by atoms with Crippen LogP contribution in [0.3, 0.4) is 0 Å². The van der Waals surface area contributed by atoms with E-state index in [-0.39, 0.29) is 17.9 Å². The highest BCUT2D eigenvalue weighted by Gasteiger charge is 2.23. The van der Waals surface area contributed by atoms with Gasteiger partial charge in [0.25, 0.3) is 0 Å². The van der Waals surface area contributed by atoms with Gasteiger partial charge in [-0.3, -0.25) is 9.79 Å². The second kappa shape index (κ2) is 8.87. The lowest BCUT2D eigenvalue weighted by Crippen LogP contribution is -2.21. The highest BCUT2D eigenvalue weighted by atomic mass is 16.5. The molecule has 1 heterocycles. The molecule has 148 valence electrons. The number of nitrogens with one attached hydrogen (secondary N) is 1. The fourth-order valence-corrected chi connectivity index (χ4v) is 3.55. The van der Waals surface area contributed by atoms with Gasteiger partial charge in [0.15, 0.2) is 0 Å². The number of nitrogens with two attached hydrogens (primary N) is 1. The van der Waals surface area contributed by atoms with Crippen molar-refractivity contribution in [3.8, 4) is 5.75 Å². The molecule has 0 radical (unpaired) electrons. The molecule has 1 fully saturated rings. The quantitative estimate of drug-likeness (QED) is 0.584. The van der Waals surface area contributed by atoms with Crippen molar-refractivity contribution in [2.45, 2.75) is 45.6 Å². The van der Waals surface area contributed by atoms with E-state index in [2.05, 4.69) is 15.3 Å². The third kappa shape index (κ3) is 4.68. The Morgan fingerprint density at radius 1 is 1.25 bits per heavy atom. The van der Waals surface area contributed by atoms with Crippen LogP contribution >= 0.6 is 0 Å². The van der Waals surface area contributed by atoms with E-state index in [1.54, 1.807) is 13.2 Å². The lowest BCUT2D eigenvalue weighted by Gasteiger charge is -2.15. The molecule has 2 aromatic rings. The molecule has 1 aliphatic rings. The van der Waals surface area contributed by atoms with Crippen LogP contribution in [0.2, 0.25) is 0 Å². The predicted molar refractivity (Wildman–Crippen MR) is 113 cm³/mol. The summed E-state index contributed by atoms with van der Waals surface area (Å²) in [5.74, 6) is 1.40. The maximum atomic E-state index is 12.4. The Morgan fingerprint density at radius 3 is 2.68 bits per heavy atom. The molecule has 0 saturated heterocycles. The second-order valence-corrected chi connectivity index (χ2v) is 7.39. The van der Waals surface area contributed by atoms with E-state index in [0.29, 0.717) is 11.5 Å². The van der Waals surface area contributed by atoms with E-state index in [0.717, 1.165) is 48.3 Å². The molecule has 0 aliphatic heterocycles. The zero-order valence-corrected chi connectivity index (χ0v) is 16.7. The summed E-state index contributed by atoms with van der Waals surface area (Å²) in [5.41, 5.74) is 9.19. The molecule has 0 bridgehead atoms. The molecular formula is C22H28N4O2. The summed E-state index contributed by atoms with van der Waals surface area (Å²) in [7, 11) is 1.72. The molecule has 0 spiro atoms. The normalized spacial score (nSPS) is 15.1. The number of hydrogen-bond donors (Lipinski definition) is 2. The average Bonchev–Trinajstić information content (AvgIpc) is 3.20. The lowest BCUT2D eigenvalue weighted by molar-refractivity contribution is -0.119. The SMILES string of the molecule is C/N=C(/c1ccnc(NC(=O)C2CCCC2)c1)c1cc(OC(C)C)ccc1N. The van der Waals surface area contributed by atoms with Crippen molar-refractivity contribution in [2.75, 3.05) is 18.1 Å². The highest BCUT2D eigenvalue weighted by Crippen LogP contribution is 2.27. The van der Waals surface area contributed by atoms with Crippen LogP contribution in [0.15, 0.2) is 41.5 Å². The minimum Gasteiger partial charge on any atom is -0.491 e. The van der Waals surface area contributed by atoms with E-state index in [4.69, 9.17) is 10.5 Å². The third-order valence-electron chi connectivity index (χ3n) is 4.89. The van der Waals surface area contributed by atoms with E-state index in [9.17, 15) is 4.79 Å². The molecule has 1 aromatic carbocycles. The number of carbonyl (C=O) groups is 1. The lowest BCUT2D eigenvalue weighted by atomic mass is 10.0. The summed E-state index contributed by atoms with van der Waals surface area (Å²) in [4.78, 5) is 21.2. The predicted octanol–water partition coefficient (Wildman–Crippen LogP) is 4.05. The van der Waals surface area contributed by atoms with Crippen LogP contribution in [0.1, 0.15) is 50.7 Å². The Labute approximate surface area is 166 Å². The summed E-state index contributed by atoms with van der Waals surface area (Å²) in [6, 6.07) is 9.27. The van der Waals surface area contributed by atoms with Crippen molar-refractivity contribution < 1.29 is 9.53 Å². The van der Waals surface area contributed by atoms with E-state index < -0.39 is 0 Å². The van der Waals surface area contributed by atoms with Gasteiger partial charge in [0.1, 0.15) is 11.6 Å². The minimum atomic E-state index is 0.0454. The van der Waals surface area contributed by atoms with Crippen LogP contribution in [0.4, 0.5) is 11.5 Å². The standard InChI is InChI=1S/C22H28N4O2/c1-14(2)28-17-8-9-19(23)18(13-17)21(24-3)16-10-11-25-20(12-16)26-22(27)15-6-4-5-7-15/h8-15H,4-7,23H2,1-3H3,(H,25,26,27)/b24-21-. The summed E-state index contributed by atoms with van der Waals surface area (Å²) >= 11 is 0. The molecule has 1 saturated carbocycles. The topological polar surface area (TPSA) is 89.6 Å². The van der Waals surface area contributed by atoms with Crippen molar-refractivity contribution in [1.82, 2.24) is 4.98 Å². The molecule has 3 N–H and O–H groups in total. The number of nitrogens with zero attached hydrogens (tertiary/aromatic N) is 2. The first-order valence-electron chi connectivity index (χ1n) is 9.78. The number of ether oxygens (including phenoxy) is 1. The van der Waals surface area contributed by atoms with Gasteiger partial charge in [-0.05, 0) is 57.0 Å². The zero-order chi connectivity index (χ0) is 20.1. The maximum Gasteiger partial charge on any atom is 0.228 e. The van der Waals surface area contributed by atoms with Gasteiger partial charge in [-0.1, -0.05) is 12.8 Å². The Bertz CT molecular complexity index is 871. The number of aliphatic imine (C=N–C) groups is 1. The van der Waals surface area contributed by atoms with Gasteiger partial charge < -0.3 is 15.8 Å². The first-order valence-corrected chi connectivity index (χ1v) is 9.78. The van der Waals surface area contributed by atoms with E-state index in [1.165, 1.54) is 0 Å². The van der Waals surface area contributed by atoms with Crippen LogP contribution in [0, 0.1) is 5.92 Å². The van der Waals surface area contributed by atoms with E-state index >= 15 is 0 Å². The molecule has 0 atom stereocenters. The summed E-state index contributed by atoms with van der Waals surface area (Å²) < 4.78 is 5.79. The van der Waals surface area contributed by atoms with Gasteiger partial charge in [-0.2, -0.15) is 0 Å². The highest BCUT2D eigenvalue weighted by molar-refractivity contribution is 6.16. The van der Waals surface area contributed by atoms with Crippen LogP contribution in [-0.2, 0) is 4.79 Å². The number of amides is 1. The number of nitrogen functional groups attached to an aromatic ring is 1. The first kappa shape index (κ1) is 19.9. The summed E-state index contributed by atoms with van der Waals surface area (Å²) in [5, 5.41) is 2.95. The molecule has 6 nitrogen and oxygen atoms in total. The van der Waals surface area contributed by atoms with Crippen LogP contribution in [0.5, 0.6) is 5.75 Å². The number of benzene rings is 1. The Kier molecular flexibility index (Phi) is 6.29. The molecule has 3 rings (SSSR count). The van der Waals surface area contributed by atoms with Gasteiger partial charge in [0.2, 0.25) is 5.91 Å². The number of anilines is 2. The smallest absolute Gasteiger partial charge is 0.228 e. The number of carbonyl (C=O) groups excluding carboxylic acids is 1. The van der Waals surface area contributed by atoms with Gasteiger partial charge >= 0.3 is 0 Å². The first-order chi connectivity index (χ1) is 13.5. The van der Waals surface area contributed by atoms with Gasteiger partial charge in [0, 0.05) is 36.0 Å². The number of hydrogen-bond acceptors (Lipinski definition) is 5. The van der Waals surface area contributed by atoms with Gasteiger partial charge in [-0.15, -0.1) is 0 Å². The van der Waals surface area contributed by atoms with Crippen molar-refractivity contribution >= 4 is 23.1 Å². The van der Waals surface area contributed by atoms with Crippen LogP contribution in [0.25, 0.3) is 0 Å². The fraction of sp³-hybridized carbons (Fsp3) is 0.409. The van der Waals surface area contributed by atoms with Crippen molar-refractivity contribution in [1.29, 1.82) is 0 Å². The number of pyridine rings is 1. The monoisotopic (exact) mass is 380 g/mol. The minimum absolute atomic E-state index is 0.0454. The molecule has 28 heavy (non-hydrogen) atoms.